The van der Waals surface area contributed by atoms with E-state index in [-0.39, 0.29) is 12.1 Å². The quantitative estimate of drug-likeness (QED) is 0.608. The van der Waals surface area contributed by atoms with E-state index in [0.29, 0.717) is 13.0 Å². The molecule has 4 nitrogen and oxygen atoms in total. The van der Waals surface area contributed by atoms with Crippen LogP contribution in [0.15, 0.2) is 0 Å². The smallest absolute Gasteiger partial charge is 0.308 e. The number of carbonyl (C=O) groups excluding carboxylic acids is 1. The number of hydrogen-bond donors (Lipinski definition) is 0. The maximum Gasteiger partial charge on any atom is 0.308 e. The third-order valence-corrected chi connectivity index (χ3v) is 1.96. The summed E-state index contributed by atoms with van der Waals surface area (Å²) in [6.45, 7) is 4.32. The van der Waals surface area contributed by atoms with Crippen LogP contribution in [0.3, 0.4) is 0 Å². The van der Waals surface area contributed by atoms with Gasteiger partial charge in [0.1, 0.15) is 0 Å². The highest BCUT2D eigenvalue weighted by Crippen LogP contribution is 2.23. The Bertz CT molecular complexity index is 188. The Kier molecular flexibility index (Phi) is 3.27. The molecule has 76 valence electrons. The minimum absolute atomic E-state index is 0.0730. The van der Waals surface area contributed by atoms with Crippen LogP contribution >= 0.6 is 0 Å². The molecule has 1 rings (SSSR count). The number of hydrogen-bond acceptors (Lipinski definition) is 4. The third-order valence-electron chi connectivity index (χ3n) is 1.96. The van der Waals surface area contributed by atoms with Gasteiger partial charge in [-0.3, -0.25) is 4.79 Å². The van der Waals surface area contributed by atoms with Crippen molar-refractivity contribution in [3.05, 3.63) is 0 Å². The van der Waals surface area contributed by atoms with Crippen LogP contribution in [0.5, 0.6) is 0 Å². The van der Waals surface area contributed by atoms with Crippen molar-refractivity contribution in [3.8, 4) is 0 Å². The van der Waals surface area contributed by atoms with E-state index in [1.165, 1.54) is 7.11 Å². The molecule has 1 aliphatic rings. The van der Waals surface area contributed by atoms with E-state index in [2.05, 4.69) is 4.74 Å². The Morgan fingerprint density at radius 1 is 1.62 bits per heavy atom. The maximum atomic E-state index is 10.9. The van der Waals surface area contributed by atoms with Gasteiger partial charge in [-0.15, -0.1) is 0 Å². The summed E-state index contributed by atoms with van der Waals surface area (Å²) in [5.74, 6) is -0.806. The average Bonchev–Trinajstić information content (AvgIpc) is 2.02. The van der Waals surface area contributed by atoms with Gasteiger partial charge in [-0.2, -0.15) is 0 Å². The largest absolute Gasteiger partial charge is 0.469 e. The zero-order valence-electron chi connectivity index (χ0n) is 8.33. The van der Waals surface area contributed by atoms with E-state index < -0.39 is 5.79 Å². The van der Waals surface area contributed by atoms with Gasteiger partial charge in [0.05, 0.1) is 26.2 Å². The normalized spacial score (nSPS) is 26.8. The molecule has 0 radical (unpaired) electrons. The standard InChI is InChI=1S/C9H16O4/c1-9(2)12-5-4-7(13-9)6-8(10)11-3/h7H,4-6H2,1-3H3/t7-/m1/s1. The molecule has 0 bridgehead atoms. The first-order valence-corrected chi connectivity index (χ1v) is 4.42. The van der Waals surface area contributed by atoms with Crippen LogP contribution < -0.4 is 0 Å². The zero-order chi connectivity index (χ0) is 9.90. The van der Waals surface area contributed by atoms with Gasteiger partial charge in [0.15, 0.2) is 5.79 Å². The van der Waals surface area contributed by atoms with Crippen LogP contribution in [0.4, 0.5) is 0 Å². The fourth-order valence-electron chi connectivity index (χ4n) is 1.34. The van der Waals surface area contributed by atoms with Crippen LogP contribution in [-0.2, 0) is 19.0 Å². The van der Waals surface area contributed by atoms with Gasteiger partial charge in [-0.05, 0) is 20.3 Å². The Labute approximate surface area is 78.2 Å². The van der Waals surface area contributed by atoms with Crippen molar-refractivity contribution in [2.45, 2.75) is 38.6 Å². The lowest BCUT2D eigenvalue weighted by Crippen LogP contribution is -2.40. The van der Waals surface area contributed by atoms with Crippen LogP contribution in [0, 0.1) is 0 Å². The van der Waals surface area contributed by atoms with Crippen LogP contribution in [0.25, 0.3) is 0 Å². The summed E-state index contributed by atoms with van der Waals surface area (Å²) < 4.78 is 15.4. The Morgan fingerprint density at radius 3 is 2.85 bits per heavy atom. The predicted octanol–water partition coefficient (Wildman–Crippen LogP) is 1.09. The number of ether oxygens (including phenoxy) is 3. The monoisotopic (exact) mass is 188 g/mol. The number of methoxy groups -OCH3 is 1. The van der Waals surface area contributed by atoms with E-state index in [0.717, 1.165) is 6.42 Å². The molecule has 0 spiro atoms. The molecule has 0 amide bonds. The average molecular weight is 188 g/mol. The van der Waals surface area contributed by atoms with E-state index in [4.69, 9.17) is 9.47 Å². The number of carbonyl (C=O) groups is 1. The van der Waals surface area contributed by atoms with Crippen molar-refractivity contribution in [1.29, 1.82) is 0 Å². The van der Waals surface area contributed by atoms with Crippen molar-refractivity contribution in [1.82, 2.24) is 0 Å². The summed E-state index contributed by atoms with van der Waals surface area (Å²) in [6, 6.07) is 0. The summed E-state index contributed by atoms with van der Waals surface area (Å²) in [6.07, 6.45) is 0.984. The molecule has 13 heavy (non-hydrogen) atoms. The topological polar surface area (TPSA) is 44.8 Å². The van der Waals surface area contributed by atoms with Crippen molar-refractivity contribution < 1.29 is 19.0 Å². The molecule has 1 aliphatic heterocycles. The van der Waals surface area contributed by atoms with Crippen LogP contribution in [0.2, 0.25) is 0 Å². The lowest BCUT2D eigenvalue weighted by atomic mass is 10.1. The fraction of sp³-hybridized carbons (Fsp3) is 0.889. The molecule has 1 atom stereocenters. The molecular weight excluding hydrogens is 172 g/mol. The summed E-state index contributed by atoms with van der Waals surface area (Å²) in [5, 5.41) is 0. The number of esters is 1. The highest BCUT2D eigenvalue weighted by molar-refractivity contribution is 5.69. The minimum Gasteiger partial charge on any atom is -0.469 e. The molecule has 1 heterocycles. The Balaban J connectivity index is 2.39. The molecule has 0 aromatic heterocycles. The Morgan fingerprint density at radius 2 is 2.31 bits per heavy atom. The summed E-state index contributed by atoms with van der Waals surface area (Å²) in [4.78, 5) is 10.9. The van der Waals surface area contributed by atoms with Gasteiger partial charge in [0, 0.05) is 0 Å². The molecule has 1 fully saturated rings. The predicted molar refractivity (Wildman–Crippen MR) is 46.2 cm³/mol. The zero-order valence-corrected chi connectivity index (χ0v) is 8.33. The lowest BCUT2D eigenvalue weighted by molar-refractivity contribution is -0.273. The summed E-state index contributed by atoms with van der Waals surface area (Å²) >= 11 is 0. The second kappa shape index (κ2) is 4.07. The first-order chi connectivity index (χ1) is 6.03. The van der Waals surface area contributed by atoms with Gasteiger partial charge in [-0.1, -0.05) is 0 Å². The van der Waals surface area contributed by atoms with E-state index in [1.54, 1.807) is 0 Å². The molecule has 0 aliphatic carbocycles. The van der Waals surface area contributed by atoms with E-state index >= 15 is 0 Å². The van der Waals surface area contributed by atoms with Gasteiger partial charge in [0.25, 0.3) is 0 Å². The first kappa shape index (κ1) is 10.5. The fourth-order valence-corrected chi connectivity index (χ4v) is 1.34. The number of rotatable bonds is 2. The van der Waals surface area contributed by atoms with Crippen molar-refractivity contribution in [2.75, 3.05) is 13.7 Å². The molecular formula is C9H16O4. The summed E-state index contributed by atoms with van der Waals surface area (Å²) in [5.41, 5.74) is 0. The van der Waals surface area contributed by atoms with Gasteiger partial charge in [0.2, 0.25) is 0 Å². The molecule has 4 heteroatoms. The van der Waals surface area contributed by atoms with E-state index in [1.807, 2.05) is 13.8 Å². The third kappa shape index (κ3) is 3.32. The molecule has 0 N–H and O–H groups in total. The van der Waals surface area contributed by atoms with Gasteiger partial charge in [-0.25, -0.2) is 0 Å². The molecule has 0 unspecified atom stereocenters. The molecule has 0 aromatic carbocycles. The maximum absolute atomic E-state index is 10.9. The lowest BCUT2D eigenvalue weighted by Gasteiger charge is -2.35. The minimum atomic E-state index is -0.572. The molecule has 0 saturated carbocycles. The highest BCUT2D eigenvalue weighted by atomic mass is 16.7. The molecule has 1 saturated heterocycles. The second-order valence-electron chi connectivity index (χ2n) is 3.56. The Hall–Kier alpha value is -0.610. The second-order valence-corrected chi connectivity index (χ2v) is 3.56. The van der Waals surface area contributed by atoms with Gasteiger partial charge >= 0.3 is 5.97 Å². The van der Waals surface area contributed by atoms with Crippen LogP contribution in [0.1, 0.15) is 26.7 Å². The SMILES string of the molecule is COC(=O)C[C@H]1CCOC(C)(C)O1. The van der Waals surface area contributed by atoms with Gasteiger partial charge < -0.3 is 14.2 Å². The summed E-state index contributed by atoms with van der Waals surface area (Å²) in [7, 11) is 1.38. The highest BCUT2D eigenvalue weighted by Gasteiger charge is 2.30. The molecule has 0 aromatic rings. The first-order valence-electron chi connectivity index (χ1n) is 4.42. The van der Waals surface area contributed by atoms with E-state index in [9.17, 15) is 4.79 Å². The van der Waals surface area contributed by atoms with Crippen LogP contribution in [-0.4, -0.2) is 31.6 Å². The van der Waals surface area contributed by atoms with Crippen molar-refractivity contribution >= 4 is 5.97 Å². The van der Waals surface area contributed by atoms with Crippen molar-refractivity contribution in [3.63, 3.8) is 0 Å². The van der Waals surface area contributed by atoms with Crippen molar-refractivity contribution in [2.24, 2.45) is 0 Å².